The Kier molecular flexibility index (Phi) is 5.62. The standard InChI is InChI=1S/C23H26N4O2/c1-29-20-13-7-16(8-14-20)22-15-21(26-27(22)19-5-3-2-4-6-19)23(28)25-18-11-9-17(24)10-12-18/h2-8,13-15,17-18H,9-12,24H2,1H3,(H,25,28). The molecule has 150 valence electrons. The lowest BCUT2D eigenvalue weighted by Gasteiger charge is -2.26. The molecular formula is C23H26N4O2. The second-order valence-electron chi connectivity index (χ2n) is 7.48. The molecule has 2 aromatic carbocycles. The molecule has 1 saturated carbocycles. The third-order valence-electron chi connectivity index (χ3n) is 5.44. The van der Waals surface area contributed by atoms with Gasteiger partial charge in [0.2, 0.25) is 0 Å². The summed E-state index contributed by atoms with van der Waals surface area (Å²) in [4.78, 5) is 12.9. The second-order valence-corrected chi connectivity index (χ2v) is 7.48. The second kappa shape index (κ2) is 8.49. The van der Waals surface area contributed by atoms with E-state index < -0.39 is 0 Å². The van der Waals surface area contributed by atoms with Gasteiger partial charge >= 0.3 is 0 Å². The van der Waals surface area contributed by atoms with Crippen molar-refractivity contribution in [1.82, 2.24) is 15.1 Å². The molecule has 0 bridgehead atoms. The highest BCUT2D eigenvalue weighted by Gasteiger charge is 2.23. The molecule has 6 heteroatoms. The normalized spacial score (nSPS) is 19.0. The molecule has 0 spiro atoms. The molecule has 3 aromatic rings. The third kappa shape index (κ3) is 4.32. The molecule has 1 aliphatic rings. The molecular weight excluding hydrogens is 364 g/mol. The first kappa shape index (κ1) is 19.2. The van der Waals surface area contributed by atoms with Gasteiger partial charge in [0.15, 0.2) is 5.69 Å². The van der Waals surface area contributed by atoms with Gasteiger partial charge in [-0.1, -0.05) is 18.2 Å². The van der Waals surface area contributed by atoms with Crippen molar-refractivity contribution in [2.24, 2.45) is 5.73 Å². The minimum Gasteiger partial charge on any atom is -0.497 e. The molecule has 1 fully saturated rings. The fraction of sp³-hybridized carbons (Fsp3) is 0.304. The van der Waals surface area contributed by atoms with E-state index in [0.29, 0.717) is 5.69 Å². The monoisotopic (exact) mass is 390 g/mol. The van der Waals surface area contributed by atoms with Gasteiger partial charge < -0.3 is 15.8 Å². The molecule has 29 heavy (non-hydrogen) atoms. The molecule has 0 radical (unpaired) electrons. The Balaban J connectivity index is 1.64. The summed E-state index contributed by atoms with van der Waals surface area (Å²) in [6.07, 6.45) is 3.72. The van der Waals surface area contributed by atoms with Gasteiger partial charge in [0.1, 0.15) is 5.75 Å². The zero-order valence-corrected chi connectivity index (χ0v) is 16.5. The van der Waals surface area contributed by atoms with E-state index in [2.05, 4.69) is 10.4 Å². The van der Waals surface area contributed by atoms with Crippen LogP contribution in [-0.4, -0.2) is 34.9 Å². The lowest BCUT2D eigenvalue weighted by Crippen LogP contribution is -2.40. The fourth-order valence-electron chi connectivity index (χ4n) is 3.75. The molecule has 6 nitrogen and oxygen atoms in total. The summed E-state index contributed by atoms with van der Waals surface area (Å²) in [6, 6.07) is 19.8. The maximum absolute atomic E-state index is 12.9. The van der Waals surface area contributed by atoms with Crippen molar-refractivity contribution in [1.29, 1.82) is 0 Å². The minimum atomic E-state index is -0.144. The van der Waals surface area contributed by atoms with Crippen LogP contribution in [-0.2, 0) is 0 Å². The molecule has 0 atom stereocenters. The van der Waals surface area contributed by atoms with Gasteiger partial charge in [-0.2, -0.15) is 5.10 Å². The Morgan fingerprint density at radius 2 is 1.76 bits per heavy atom. The van der Waals surface area contributed by atoms with E-state index in [-0.39, 0.29) is 18.0 Å². The van der Waals surface area contributed by atoms with Crippen LogP contribution in [0.25, 0.3) is 16.9 Å². The Labute approximate surface area is 170 Å². The summed E-state index contributed by atoms with van der Waals surface area (Å²) in [6.45, 7) is 0. The smallest absolute Gasteiger partial charge is 0.272 e. The van der Waals surface area contributed by atoms with E-state index in [9.17, 15) is 4.79 Å². The number of carbonyl (C=O) groups is 1. The minimum absolute atomic E-state index is 0.144. The third-order valence-corrected chi connectivity index (χ3v) is 5.44. The molecule has 0 aliphatic heterocycles. The van der Waals surface area contributed by atoms with Crippen molar-refractivity contribution in [3.63, 3.8) is 0 Å². The Bertz CT molecular complexity index is 958. The highest BCUT2D eigenvalue weighted by atomic mass is 16.5. The van der Waals surface area contributed by atoms with Crippen molar-refractivity contribution < 1.29 is 9.53 Å². The Morgan fingerprint density at radius 1 is 1.07 bits per heavy atom. The first-order valence-corrected chi connectivity index (χ1v) is 10.0. The van der Waals surface area contributed by atoms with Crippen molar-refractivity contribution in [2.45, 2.75) is 37.8 Å². The molecule has 1 aromatic heterocycles. The maximum atomic E-state index is 12.9. The maximum Gasteiger partial charge on any atom is 0.272 e. The van der Waals surface area contributed by atoms with Gasteiger partial charge in [-0.3, -0.25) is 4.79 Å². The van der Waals surface area contributed by atoms with Crippen LogP contribution in [0.5, 0.6) is 5.75 Å². The summed E-state index contributed by atoms with van der Waals surface area (Å²) in [5.74, 6) is 0.642. The first-order valence-electron chi connectivity index (χ1n) is 10.0. The van der Waals surface area contributed by atoms with Crippen LogP contribution in [0.4, 0.5) is 0 Å². The van der Waals surface area contributed by atoms with E-state index in [0.717, 1.165) is 48.4 Å². The predicted octanol–water partition coefficient (Wildman–Crippen LogP) is 3.55. The number of nitrogens with zero attached hydrogens (tertiary/aromatic N) is 2. The number of aromatic nitrogens is 2. The van der Waals surface area contributed by atoms with Gasteiger partial charge in [-0.05, 0) is 68.1 Å². The van der Waals surface area contributed by atoms with Gasteiger partial charge in [-0.15, -0.1) is 0 Å². The number of methoxy groups -OCH3 is 1. The Hall–Kier alpha value is -3.12. The number of nitrogens with one attached hydrogen (secondary N) is 1. The highest BCUT2D eigenvalue weighted by Crippen LogP contribution is 2.26. The van der Waals surface area contributed by atoms with Crippen LogP contribution in [0, 0.1) is 0 Å². The quantitative estimate of drug-likeness (QED) is 0.698. The number of rotatable bonds is 5. The summed E-state index contributed by atoms with van der Waals surface area (Å²) < 4.78 is 7.07. The average molecular weight is 390 g/mol. The van der Waals surface area contributed by atoms with E-state index in [1.54, 1.807) is 7.11 Å². The molecule has 4 rings (SSSR count). The number of amides is 1. The molecule has 0 unspecified atom stereocenters. The van der Waals surface area contributed by atoms with Crippen LogP contribution in [0.15, 0.2) is 60.7 Å². The number of benzene rings is 2. The van der Waals surface area contributed by atoms with Crippen molar-refractivity contribution in [3.8, 4) is 22.7 Å². The zero-order valence-electron chi connectivity index (χ0n) is 16.5. The van der Waals surface area contributed by atoms with Gasteiger partial charge in [-0.25, -0.2) is 4.68 Å². The first-order chi connectivity index (χ1) is 14.1. The number of hydrogen-bond donors (Lipinski definition) is 2. The summed E-state index contributed by atoms with van der Waals surface area (Å²) in [7, 11) is 1.64. The van der Waals surface area contributed by atoms with Crippen LogP contribution in [0.1, 0.15) is 36.2 Å². The molecule has 0 saturated heterocycles. The van der Waals surface area contributed by atoms with E-state index in [1.807, 2.05) is 65.3 Å². The van der Waals surface area contributed by atoms with Crippen molar-refractivity contribution in [2.75, 3.05) is 7.11 Å². The Morgan fingerprint density at radius 3 is 2.41 bits per heavy atom. The topological polar surface area (TPSA) is 82.2 Å². The van der Waals surface area contributed by atoms with Gasteiger partial charge in [0.05, 0.1) is 18.5 Å². The van der Waals surface area contributed by atoms with Crippen LogP contribution in [0.2, 0.25) is 0 Å². The summed E-state index contributed by atoms with van der Waals surface area (Å²) in [5.41, 5.74) is 9.11. The van der Waals surface area contributed by atoms with Gasteiger partial charge in [0, 0.05) is 17.6 Å². The number of hydrogen-bond acceptors (Lipinski definition) is 4. The van der Waals surface area contributed by atoms with E-state index in [1.165, 1.54) is 0 Å². The lowest BCUT2D eigenvalue weighted by molar-refractivity contribution is 0.0920. The molecule has 1 heterocycles. The number of ether oxygens (including phenoxy) is 1. The van der Waals surface area contributed by atoms with Crippen LogP contribution < -0.4 is 15.8 Å². The largest absolute Gasteiger partial charge is 0.497 e. The predicted molar refractivity (Wildman–Crippen MR) is 113 cm³/mol. The SMILES string of the molecule is COc1ccc(-c2cc(C(=O)NC3CCC(N)CC3)nn2-c2ccccc2)cc1. The molecule has 1 amide bonds. The van der Waals surface area contributed by atoms with Crippen molar-refractivity contribution in [3.05, 3.63) is 66.4 Å². The zero-order chi connectivity index (χ0) is 20.2. The molecule has 3 N–H and O–H groups in total. The number of para-hydroxylation sites is 1. The van der Waals surface area contributed by atoms with Crippen LogP contribution in [0.3, 0.4) is 0 Å². The highest BCUT2D eigenvalue weighted by molar-refractivity contribution is 5.93. The number of carbonyl (C=O) groups excluding carboxylic acids is 1. The van der Waals surface area contributed by atoms with E-state index >= 15 is 0 Å². The van der Waals surface area contributed by atoms with Crippen molar-refractivity contribution >= 4 is 5.91 Å². The van der Waals surface area contributed by atoms with Gasteiger partial charge in [0.25, 0.3) is 5.91 Å². The summed E-state index contributed by atoms with van der Waals surface area (Å²) in [5, 5.41) is 7.76. The summed E-state index contributed by atoms with van der Waals surface area (Å²) >= 11 is 0. The van der Waals surface area contributed by atoms with E-state index in [4.69, 9.17) is 10.5 Å². The lowest BCUT2D eigenvalue weighted by atomic mass is 9.92. The molecule has 1 aliphatic carbocycles. The average Bonchev–Trinajstić information content (AvgIpc) is 3.22. The fourth-order valence-corrected chi connectivity index (χ4v) is 3.75. The van der Waals surface area contributed by atoms with Crippen LogP contribution >= 0.6 is 0 Å². The number of nitrogens with two attached hydrogens (primary N) is 1.